The predicted molar refractivity (Wildman–Crippen MR) is 110 cm³/mol. The molecule has 2 N–H and O–H groups in total. The molecule has 0 aliphatic rings. The molecule has 6 nitrogen and oxygen atoms in total. The van der Waals surface area contributed by atoms with E-state index in [9.17, 15) is 9.18 Å². The molecule has 146 valence electrons. The van der Waals surface area contributed by atoms with E-state index in [0.29, 0.717) is 15.5 Å². The Balaban J connectivity index is 1.46. The molecule has 0 spiro atoms. The molecule has 1 amide bonds. The molecule has 3 rings (SSSR count). The molecule has 0 aliphatic heterocycles. The van der Waals surface area contributed by atoms with Crippen LogP contribution in [0.2, 0.25) is 0 Å². The molecule has 0 radical (unpaired) electrons. The summed E-state index contributed by atoms with van der Waals surface area (Å²) in [6, 6.07) is 12.3. The van der Waals surface area contributed by atoms with Crippen LogP contribution in [0, 0.1) is 5.82 Å². The number of aromatic amines is 1. The van der Waals surface area contributed by atoms with Crippen LogP contribution in [0.3, 0.4) is 0 Å². The predicted octanol–water partition coefficient (Wildman–Crippen LogP) is 4.58. The van der Waals surface area contributed by atoms with Gasteiger partial charge in [-0.3, -0.25) is 9.89 Å². The molecule has 0 bridgehead atoms. The van der Waals surface area contributed by atoms with Crippen molar-refractivity contribution in [2.24, 2.45) is 0 Å². The van der Waals surface area contributed by atoms with Crippen LogP contribution in [0.4, 0.5) is 10.1 Å². The van der Waals surface area contributed by atoms with Gasteiger partial charge in [0.15, 0.2) is 5.82 Å². The Kier molecular flexibility index (Phi) is 7.05. The molecule has 2 aromatic carbocycles. The van der Waals surface area contributed by atoms with Gasteiger partial charge in [-0.1, -0.05) is 46.7 Å². The second-order valence-electron chi connectivity index (χ2n) is 5.81. The van der Waals surface area contributed by atoms with Crippen molar-refractivity contribution in [1.82, 2.24) is 15.2 Å². The minimum atomic E-state index is -0.503. The summed E-state index contributed by atoms with van der Waals surface area (Å²) in [5.74, 6) is 0.522. The number of anilines is 1. The fourth-order valence-corrected chi connectivity index (χ4v) is 3.24. The molecule has 0 aliphatic carbocycles. The van der Waals surface area contributed by atoms with Gasteiger partial charge in [0.25, 0.3) is 0 Å². The van der Waals surface area contributed by atoms with E-state index in [1.165, 1.54) is 17.7 Å². The molecule has 28 heavy (non-hydrogen) atoms. The first-order valence-electron chi connectivity index (χ1n) is 8.54. The van der Waals surface area contributed by atoms with Gasteiger partial charge in [-0.2, -0.15) is 0 Å². The number of halogens is 2. The summed E-state index contributed by atoms with van der Waals surface area (Å²) in [5.41, 5.74) is 1.37. The van der Waals surface area contributed by atoms with E-state index in [2.05, 4.69) is 43.4 Å². The van der Waals surface area contributed by atoms with E-state index in [1.807, 2.05) is 24.3 Å². The average Bonchev–Trinajstić information content (AvgIpc) is 3.15. The first kappa shape index (κ1) is 20.3. The van der Waals surface area contributed by atoms with Crippen LogP contribution in [-0.4, -0.2) is 26.8 Å². The SMILES string of the molecule is CCc1ccc(OCc2nc(SCC(=O)Nc3ccc(Br)cc3F)n[nH]2)cc1. The van der Waals surface area contributed by atoms with Crippen molar-refractivity contribution >= 4 is 39.3 Å². The number of aromatic nitrogens is 3. The standard InChI is InChI=1S/C19H18BrFN4O2S/c1-2-12-3-6-14(7-4-12)27-10-17-23-19(25-24-17)28-11-18(26)22-16-8-5-13(20)9-15(16)21/h3-9H,2,10-11H2,1H3,(H,22,26)(H,23,24,25). The van der Waals surface area contributed by atoms with Crippen molar-refractivity contribution in [3.05, 3.63) is 64.1 Å². The molecule has 1 aromatic heterocycles. The fraction of sp³-hybridized carbons (Fsp3) is 0.211. The van der Waals surface area contributed by atoms with E-state index in [4.69, 9.17) is 4.74 Å². The zero-order valence-corrected chi connectivity index (χ0v) is 17.4. The molecular weight excluding hydrogens is 447 g/mol. The van der Waals surface area contributed by atoms with Gasteiger partial charge in [-0.25, -0.2) is 9.37 Å². The van der Waals surface area contributed by atoms with Crippen LogP contribution in [0.1, 0.15) is 18.3 Å². The zero-order chi connectivity index (χ0) is 19.9. The van der Waals surface area contributed by atoms with Crippen LogP contribution in [0.25, 0.3) is 0 Å². The number of hydrogen-bond donors (Lipinski definition) is 2. The van der Waals surface area contributed by atoms with Crippen molar-refractivity contribution < 1.29 is 13.9 Å². The van der Waals surface area contributed by atoms with Crippen LogP contribution in [0.15, 0.2) is 52.1 Å². The van der Waals surface area contributed by atoms with Gasteiger partial charge < -0.3 is 10.1 Å². The average molecular weight is 465 g/mol. The number of nitrogens with one attached hydrogen (secondary N) is 2. The number of thioether (sulfide) groups is 1. The van der Waals surface area contributed by atoms with Gasteiger partial charge in [0.05, 0.1) is 11.4 Å². The lowest BCUT2D eigenvalue weighted by Crippen LogP contribution is -2.15. The number of hydrogen-bond acceptors (Lipinski definition) is 5. The number of nitrogens with zero attached hydrogens (tertiary/aromatic N) is 2. The highest BCUT2D eigenvalue weighted by Gasteiger charge is 2.11. The van der Waals surface area contributed by atoms with Crippen LogP contribution < -0.4 is 10.1 Å². The quantitative estimate of drug-likeness (QED) is 0.477. The summed E-state index contributed by atoms with van der Waals surface area (Å²) in [5, 5.41) is 9.78. The monoisotopic (exact) mass is 464 g/mol. The highest BCUT2D eigenvalue weighted by molar-refractivity contribution is 9.10. The smallest absolute Gasteiger partial charge is 0.234 e. The topological polar surface area (TPSA) is 79.9 Å². The van der Waals surface area contributed by atoms with Gasteiger partial charge in [-0.15, -0.1) is 5.10 Å². The normalized spacial score (nSPS) is 10.7. The lowest BCUT2D eigenvalue weighted by molar-refractivity contribution is -0.113. The molecule has 0 saturated carbocycles. The lowest BCUT2D eigenvalue weighted by Gasteiger charge is -2.05. The summed E-state index contributed by atoms with van der Waals surface area (Å²) >= 11 is 4.32. The molecule has 0 fully saturated rings. The second kappa shape index (κ2) is 9.70. The lowest BCUT2D eigenvalue weighted by atomic mass is 10.2. The number of rotatable bonds is 8. The van der Waals surface area contributed by atoms with E-state index in [-0.39, 0.29) is 24.0 Å². The van der Waals surface area contributed by atoms with Crippen LogP contribution in [-0.2, 0) is 17.8 Å². The minimum absolute atomic E-state index is 0.0616. The fourth-order valence-electron chi connectivity index (χ4n) is 2.29. The Morgan fingerprint density at radius 1 is 1.29 bits per heavy atom. The van der Waals surface area contributed by atoms with Crippen molar-refractivity contribution in [3.63, 3.8) is 0 Å². The molecular formula is C19H18BrFN4O2S. The zero-order valence-electron chi connectivity index (χ0n) is 15.0. The maximum atomic E-state index is 13.7. The Morgan fingerprint density at radius 3 is 2.79 bits per heavy atom. The first-order chi connectivity index (χ1) is 13.5. The Bertz CT molecular complexity index is 949. The van der Waals surface area contributed by atoms with Crippen molar-refractivity contribution in [2.45, 2.75) is 25.1 Å². The number of H-pyrrole nitrogens is 1. The molecule has 0 atom stereocenters. The van der Waals surface area contributed by atoms with Gasteiger partial charge >= 0.3 is 0 Å². The Labute approximate surface area is 174 Å². The third-order valence-electron chi connectivity index (χ3n) is 3.76. The summed E-state index contributed by atoms with van der Waals surface area (Å²) in [6.45, 7) is 2.34. The maximum Gasteiger partial charge on any atom is 0.234 e. The Morgan fingerprint density at radius 2 is 2.07 bits per heavy atom. The van der Waals surface area contributed by atoms with Gasteiger partial charge in [-0.05, 0) is 42.3 Å². The largest absolute Gasteiger partial charge is 0.486 e. The number of benzene rings is 2. The number of amides is 1. The van der Waals surface area contributed by atoms with E-state index >= 15 is 0 Å². The van der Waals surface area contributed by atoms with E-state index < -0.39 is 5.82 Å². The summed E-state index contributed by atoms with van der Waals surface area (Å²) < 4.78 is 20.0. The number of aryl methyl sites for hydroxylation is 1. The number of carbonyl (C=O) groups excluding carboxylic acids is 1. The summed E-state index contributed by atoms with van der Waals surface area (Å²) in [6.07, 6.45) is 0.977. The third-order valence-corrected chi connectivity index (χ3v) is 5.10. The molecule has 0 unspecified atom stereocenters. The van der Waals surface area contributed by atoms with E-state index in [1.54, 1.807) is 6.07 Å². The van der Waals surface area contributed by atoms with Gasteiger partial charge in [0.2, 0.25) is 11.1 Å². The number of carbonyl (C=O) groups is 1. The molecule has 9 heteroatoms. The highest BCUT2D eigenvalue weighted by Crippen LogP contribution is 2.20. The maximum absolute atomic E-state index is 13.7. The first-order valence-corrected chi connectivity index (χ1v) is 10.3. The van der Waals surface area contributed by atoms with Crippen molar-refractivity contribution in [2.75, 3.05) is 11.1 Å². The van der Waals surface area contributed by atoms with Crippen molar-refractivity contribution in [1.29, 1.82) is 0 Å². The Hall–Kier alpha value is -2.39. The third kappa shape index (κ3) is 5.80. The summed E-state index contributed by atoms with van der Waals surface area (Å²) in [7, 11) is 0. The summed E-state index contributed by atoms with van der Waals surface area (Å²) in [4.78, 5) is 16.3. The molecule has 0 saturated heterocycles. The van der Waals surface area contributed by atoms with Crippen LogP contribution in [0.5, 0.6) is 5.75 Å². The van der Waals surface area contributed by atoms with Crippen molar-refractivity contribution in [3.8, 4) is 5.75 Å². The van der Waals surface area contributed by atoms with Gasteiger partial charge in [0, 0.05) is 4.47 Å². The van der Waals surface area contributed by atoms with Gasteiger partial charge in [0.1, 0.15) is 18.2 Å². The van der Waals surface area contributed by atoms with Crippen LogP contribution >= 0.6 is 27.7 Å². The highest BCUT2D eigenvalue weighted by atomic mass is 79.9. The molecule has 3 aromatic rings. The van der Waals surface area contributed by atoms with E-state index in [0.717, 1.165) is 23.9 Å². The second-order valence-corrected chi connectivity index (χ2v) is 7.67. The minimum Gasteiger partial charge on any atom is -0.486 e. The molecule has 1 heterocycles. The number of ether oxygens (including phenoxy) is 1.